The van der Waals surface area contributed by atoms with Crippen LogP contribution >= 0.6 is 0 Å². The van der Waals surface area contributed by atoms with Crippen LogP contribution in [0.5, 0.6) is 23.0 Å². The lowest BCUT2D eigenvalue weighted by molar-refractivity contribution is 0.322. The Morgan fingerprint density at radius 1 is 0.760 bits per heavy atom. The van der Waals surface area contributed by atoms with Crippen LogP contribution < -0.4 is 24.4 Å². The minimum Gasteiger partial charge on any atom is -0.493 e. The van der Waals surface area contributed by atoms with Crippen LogP contribution in [0.4, 0.5) is 0 Å². The summed E-state index contributed by atoms with van der Waals surface area (Å²) in [4.78, 5) is 11.7. The van der Waals surface area contributed by atoms with Crippen molar-refractivity contribution in [2.45, 2.75) is 6.42 Å². The van der Waals surface area contributed by atoms with Crippen LogP contribution in [0.1, 0.15) is 11.1 Å². The first kappa shape index (κ1) is 18.4. The first-order valence-electron chi connectivity index (χ1n) is 7.77. The van der Waals surface area contributed by atoms with E-state index in [1.165, 1.54) is 13.2 Å². The Bertz CT molecular complexity index is 812. The monoisotopic (exact) mass is 342 g/mol. The summed E-state index contributed by atoms with van der Waals surface area (Å²) in [5, 5.41) is 0. The summed E-state index contributed by atoms with van der Waals surface area (Å²) in [6.45, 7) is 0. The predicted octanol–water partition coefficient (Wildman–Crippen LogP) is 3.34. The number of hydrogen-bond acceptors (Lipinski definition) is 5. The molecule has 5 heteroatoms. The molecule has 0 amide bonds. The highest BCUT2D eigenvalue weighted by Crippen LogP contribution is 2.39. The van der Waals surface area contributed by atoms with Crippen molar-refractivity contribution in [1.29, 1.82) is 0 Å². The SMILES string of the molecule is COc1ccc(C/C=C/c2ccc(OC)c(=O)cc2)c(OC)c1OC. The number of hydrogen-bond donors (Lipinski definition) is 0. The number of ether oxygens (including phenoxy) is 4. The highest BCUT2D eigenvalue weighted by atomic mass is 16.5. The third-order valence-electron chi connectivity index (χ3n) is 3.75. The first-order chi connectivity index (χ1) is 12.1. The smallest absolute Gasteiger partial charge is 0.220 e. The molecule has 0 aliphatic carbocycles. The summed E-state index contributed by atoms with van der Waals surface area (Å²) in [6.07, 6.45) is 4.58. The second-order valence-electron chi connectivity index (χ2n) is 5.20. The van der Waals surface area contributed by atoms with E-state index in [1.54, 1.807) is 33.5 Å². The molecule has 0 aliphatic heterocycles. The second kappa shape index (κ2) is 8.78. The van der Waals surface area contributed by atoms with Crippen molar-refractivity contribution >= 4 is 6.08 Å². The molecule has 0 atom stereocenters. The molecule has 0 heterocycles. The Labute approximate surface area is 147 Å². The van der Waals surface area contributed by atoms with Crippen LogP contribution in [-0.4, -0.2) is 28.4 Å². The average Bonchev–Trinajstić information content (AvgIpc) is 2.82. The Kier molecular flexibility index (Phi) is 6.46. The molecule has 0 aliphatic rings. The van der Waals surface area contributed by atoms with Gasteiger partial charge in [-0.2, -0.15) is 0 Å². The second-order valence-corrected chi connectivity index (χ2v) is 5.20. The van der Waals surface area contributed by atoms with Gasteiger partial charge in [-0.25, -0.2) is 0 Å². The molecule has 0 radical (unpaired) electrons. The van der Waals surface area contributed by atoms with E-state index in [4.69, 9.17) is 18.9 Å². The molecule has 0 spiro atoms. The van der Waals surface area contributed by atoms with Crippen molar-refractivity contribution in [3.8, 4) is 23.0 Å². The van der Waals surface area contributed by atoms with Crippen LogP contribution in [0.3, 0.4) is 0 Å². The van der Waals surface area contributed by atoms with Crippen LogP contribution in [0, 0.1) is 0 Å². The van der Waals surface area contributed by atoms with Crippen molar-refractivity contribution in [3.05, 3.63) is 63.8 Å². The molecule has 0 bridgehead atoms. The Balaban J connectivity index is 2.25. The molecule has 0 aromatic heterocycles. The maximum atomic E-state index is 11.7. The molecule has 0 saturated carbocycles. The number of allylic oxidation sites excluding steroid dienone is 1. The van der Waals surface area contributed by atoms with Gasteiger partial charge in [0.2, 0.25) is 11.2 Å². The minimum atomic E-state index is -0.149. The number of benzene rings is 1. The van der Waals surface area contributed by atoms with E-state index < -0.39 is 0 Å². The normalized spacial score (nSPS) is 10.6. The maximum Gasteiger partial charge on any atom is 0.220 e. The summed E-state index contributed by atoms with van der Waals surface area (Å²) in [7, 11) is 6.25. The van der Waals surface area contributed by atoms with Crippen molar-refractivity contribution < 1.29 is 18.9 Å². The largest absolute Gasteiger partial charge is 0.493 e. The van der Waals surface area contributed by atoms with Crippen LogP contribution in [0.25, 0.3) is 6.08 Å². The third kappa shape index (κ3) is 4.32. The van der Waals surface area contributed by atoms with E-state index in [-0.39, 0.29) is 5.43 Å². The van der Waals surface area contributed by atoms with Crippen molar-refractivity contribution in [2.75, 3.05) is 28.4 Å². The van der Waals surface area contributed by atoms with E-state index in [9.17, 15) is 4.79 Å². The zero-order valence-electron chi connectivity index (χ0n) is 14.9. The number of rotatable bonds is 7. The fourth-order valence-corrected chi connectivity index (χ4v) is 2.49. The Hall–Kier alpha value is -2.95. The van der Waals surface area contributed by atoms with E-state index in [1.807, 2.05) is 30.4 Å². The zero-order valence-corrected chi connectivity index (χ0v) is 14.9. The number of methoxy groups -OCH3 is 4. The molecule has 25 heavy (non-hydrogen) atoms. The van der Waals surface area contributed by atoms with E-state index in [0.29, 0.717) is 29.4 Å². The van der Waals surface area contributed by atoms with Crippen LogP contribution in [0.2, 0.25) is 0 Å². The topological polar surface area (TPSA) is 54.0 Å². The summed E-state index contributed by atoms with van der Waals surface area (Å²) in [5.41, 5.74) is 1.72. The quantitative estimate of drug-likeness (QED) is 0.772. The first-order valence-corrected chi connectivity index (χ1v) is 7.77. The summed E-state index contributed by atoms with van der Waals surface area (Å²) in [5.74, 6) is 2.16. The van der Waals surface area contributed by atoms with Gasteiger partial charge in [0, 0.05) is 5.56 Å². The van der Waals surface area contributed by atoms with Crippen molar-refractivity contribution in [3.63, 3.8) is 0 Å². The van der Waals surface area contributed by atoms with Crippen molar-refractivity contribution in [1.82, 2.24) is 0 Å². The lowest BCUT2D eigenvalue weighted by Gasteiger charge is -2.14. The van der Waals surface area contributed by atoms with E-state index >= 15 is 0 Å². The summed E-state index contributed by atoms with van der Waals surface area (Å²) in [6, 6.07) is 10.5. The Morgan fingerprint density at radius 2 is 1.40 bits per heavy atom. The molecule has 2 rings (SSSR count). The molecule has 0 N–H and O–H groups in total. The summed E-state index contributed by atoms with van der Waals surface area (Å²) >= 11 is 0. The van der Waals surface area contributed by atoms with E-state index in [2.05, 4.69) is 0 Å². The molecule has 0 fully saturated rings. The van der Waals surface area contributed by atoms with Gasteiger partial charge < -0.3 is 18.9 Å². The van der Waals surface area contributed by atoms with Crippen LogP contribution in [-0.2, 0) is 6.42 Å². The lowest BCUT2D eigenvalue weighted by atomic mass is 10.1. The average molecular weight is 342 g/mol. The lowest BCUT2D eigenvalue weighted by Crippen LogP contribution is -1.98. The van der Waals surface area contributed by atoms with Crippen LogP contribution in [0.15, 0.2) is 47.3 Å². The maximum absolute atomic E-state index is 11.7. The van der Waals surface area contributed by atoms with Gasteiger partial charge in [0.05, 0.1) is 28.4 Å². The van der Waals surface area contributed by atoms with Crippen molar-refractivity contribution in [2.24, 2.45) is 0 Å². The molecule has 2 aromatic carbocycles. The van der Waals surface area contributed by atoms with Gasteiger partial charge >= 0.3 is 0 Å². The van der Waals surface area contributed by atoms with Gasteiger partial charge in [0.1, 0.15) is 0 Å². The van der Waals surface area contributed by atoms with Gasteiger partial charge in [0.15, 0.2) is 17.2 Å². The fraction of sp³-hybridized carbons (Fsp3) is 0.250. The highest BCUT2D eigenvalue weighted by molar-refractivity contribution is 5.57. The van der Waals surface area contributed by atoms with Gasteiger partial charge in [0.25, 0.3) is 0 Å². The standard InChI is InChI=1S/C20H22O5/c1-22-17-12-9-14(8-11-16(17)21)6-5-7-15-10-13-18(23-2)20(25-4)19(15)24-3/h5-6,8-13H,7H2,1-4H3/b6-5+. The van der Waals surface area contributed by atoms with Gasteiger partial charge in [-0.3, -0.25) is 4.79 Å². The molecule has 5 nitrogen and oxygen atoms in total. The van der Waals surface area contributed by atoms with Gasteiger partial charge in [-0.1, -0.05) is 30.4 Å². The fourth-order valence-electron chi connectivity index (χ4n) is 2.49. The molecule has 0 saturated heterocycles. The molecule has 132 valence electrons. The van der Waals surface area contributed by atoms with E-state index in [0.717, 1.165) is 11.1 Å². The Morgan fingerprint density at radius 3 is 2.04 bits per heavy atom. The predicted molar refractivity (Wildman–Crippen MR) is 98.1 cm³/mol. The molecular weight excluding hydrogens is 320 g/mol. The summed E-state index contributed by atoms with van der Waals surface area (Å²) < 4.78 is 21.2. The highest BCUT2D eigenvalue weighted by Gasteiger charge is 2.14. The minimum absolute atomic E-state index is 0.149. The molecular formula is C20H22O5. The molecule has 0 unspecified atom stereocenters. The zero-order chi connectivity index (χ0) is 18.2. The van der Waals surface area contributed by atoms with Gasteiger partial charge in [-0.15, -0.1) is 0 Å². The van der Waals surface area contributed by atoms with Gasteiger partial charge in [-0.05, 0) is 30.2 Å². The third-order valence-corrected chi connectivity index (χ3v) is 3.75. The molecule has 2 aromatic rings.